The molecule has 3 aliphatic rings. The van der Waals surface area contributed by atoms with Gasteiger partial charge >= 0.3 is 6.01 Å². The van der Waals surface area contributed by atoms with Gasteiger partial charge in [0.25, 0.3) is 5.92 Å². The van der Waals surface area contributed by atoms with Gasteiger partial charge in [-0.1, -0.05) is 17.7 Å². The number of ether oxygens (including phenoxy) is 2. The van der Waals surface area contributed by atoms with Gasteiger partial charge in [-0.2, -0.15) is 15.1 Å². The number of aryl methyl sites for hydroxylation is 1. The predicted molar refractivity (Wildman–Crippen MR) is 160 cm³/mol. The van der Waals surface area contributed by atoms with Crippen LogP contribution in [-0.2, 0) is 0 Å². The van der Waals surface area contributed by atoms with Crippen LogP contribution in [0.1, 0.15) is 50.5 Å². The zero-order valence-corrected chi connectivity index (χ0v) is 24.7. The maximum atomic E-state index is 14.0. The van der Waals surface area contributed by atoms with Crippen molar-refractivity contribution in [3.63, 3.8) is 0 Å². The summed E-state index contributed by atoms with van der Waals surface area (Å²) in [7, 11) is 2.11. The number of piperidine rings is 2. The van der Waals surface area contributed by atoms with Gasteiger partial charge in [0, 0.05) is 60.9 Å². The van der Waals surface area contributed by atoms with E-state index in [9.17, 15) is 8.78 Å². The molecular formula is C31H35ClF2N6O2. The molecule has 1 N–H and O–H groups in total. The zero-order chi connectivity index (χ0) is 29.0. The molecule has 0 amide bonds. The molecule has 222 valence electrons. The van der Waals surface area contributed by atoms with Gasteiger partial charge in [0.05, 0.1) is 16.7 Å². The Bertz CT molecular complexity index is 1620. The summed E-state index contributed by atoms with van der Waals surface area (Å²) in [4.78, 5) is 14.4. The molecule has 2 aromatic carbocycles. The number of hydrogen-bond donors (Lipinski definition) is 1. The lowest BCUT2D eigenvalue weighted by molar-refractivity contribution is -0.134. The van der Waals surface area contributed by atoms with Crippen molar-refractivity contribution >= 4 is 39.2 Å². The van der Waals surface area contributed by atoms with Crippen molar-refractivity contribution in [2.75, 3.05) is 38.1 Å². The molecule has 0 spiro atoms. The molecule has 3 fully saturated rings. The summed E-state index contributed by atoms with van der Waals surface area (Å²) in [6, 6.07) is 6.14. The first-order valence-electron chi connectivity index (χ1n) is 14.9. The van der Waals surface area contributed by atoms with E-state index in [1.165, 1.54) is 6.42 Å². The highest BCUT2D eigenvalue weighted by atomic mass is 35.5. The largest absolute Gasteiger partial charge is 0.487 e. The molecule has 1 saturated carbocycles. The lowest BCUT2D eigenvalue weighted by Gasteiger charge is -2.36. The first-order chi connectivity index (χ1) is 20.3. The van der Waals surface area contributed by atoms with Crippen LogP contribution in [0.25, 0.3) is 32.9 Å². The predicted octanol–water partition coefficient (Wildman–Crippen LogP) is 6.77. The van der Waals surface area contributed by atoms with Crippen LogP contribution in [0.5, 0.6) is 11.8 Å². The van der Waals surface area contributed by atoms with Crippen molar-refractivity contribution in [2.24, 2.45) is 0 Å². The summed E-state index contributed by atoms with van der Waals surface area (Å²) >= 11 is 7.13. The average molecular weight is 597 g/mol. The third kappa shape index (κ3) is 5.13. The Balaban J connectivity index is 1.44. The van der Waals surface area contributed by atoms with Gasteiger partial charge in [-0.3, -0.25) is 5.10 Å². The molecule has 0 atom stereocenters. The minimum Gasteiger partial charge on any atom is -0.487 e. The second-order valence-corrected chi connectivity index (χ2v) is 12.5. The fourth-order valence-electron chi connectivity index (χ4n) is 6.48. The second-order valence-electron chi connectivity index (χ2n) is 12.0. The smallest absolute Gasteiger partial charge is 0.319 e. The minimum absolute atomic E-state index is 0.00348. The topological polar surface area (TPSA) is 79.4 Å². The van der Waals surface area contributed by atoms with Crippen molar-refractivity contribution in [3.05, 3.63) is 35.0 Å². The maximum Gasteiger partial charge on any atom is 0.319 e. The van der Waals surface area contributed by atoms with Crippen molar-refractivity contribution in [1.82, 2.24) is 25.1 Å². The summed E-state index contributed by atoms with van der Waals surface area (Å²) in [6.45, 7) is 5.59. The van der Waals surface area contributed by atoms with Crippen LogP contribution in [0.2, 0.25) is 5.02 Å². The van der Waals surface area contributed by atoms with Gasteiger partial charge < -0.3 is 19.3 Å². The number of halogens is 3. The Morgan fingerprint density at radius 3 is 2.45 bits per heavy atom. The summed E-state index contributed by atoms with van der Waals surface area (Å²) in [5.74, 6) is -1.60. The number of fused-ring (bicyclic) bond motifs is 2. The SMILES string of the molecule is Cc1ccc2[nH]ncc2c1-c1c(Cl)cc2c(N3CCCCC3)nc(OC3CCN(C)CC3)nc2c1OC1CC(F)(F)C1. The molecule has 1 aliphatic carbocycles. The summed E-state index contributed by atoms with van der Waals surface area (Å²) in [6.07, 6.45) is 5.45. The van der Waals surface area contributed by atoms with E-state index in [4.69, 9.17) is 31.0 Å². The number of nitrogens with zero attached hydrogens (tertiary/aromatic N) is 5. The third-order valence-corrected chi connectivity index (χ3v) is 9.17. The van der Waals surface area contributed by atoms with Gasteiger partial charge in [0.1, 0.15) is 23.5 Å². The van der Waals surface area contributed by atoms with E-state index in [0.717, 1.165) is 85.1 Å². The van der Waals surface area contributed by atoms with E-state index in [1.54, 1.807) is 6.20 Å². The van der Waals surface area contributed by atoms with Gasteiger partial charge in [-0.05, 0) is 63.8 Å². The number of anilines is 1. The van der Waals surface area contributed by atoms with Crippen LogP contribution in [0.15, 0.2) is 24.4 Å². The quantitative estimate of drug-likeness (QED) is 0.263. The van der Waals surface area contributed by atoms with Crippen LogP contribution in [0.4, 0.5) is 14.6 Å². The highest BCUT2D eigenvalue weighted by Gasteiger charge is 2.47. The number of aromatic nitrogens is 4. The Morgan fingerprint density at radius 1 is 0.952 bits per heavy atom. The first-order valence-corrected chi connectivity index (χ1v) is 15.3. The lowest BCUT2D eigenvalue weighted by Crippen LogP contribution is -2.43. The Morgan fingerprint density at radius 2 is 1.71 bits per heavy atom. The highest BCUT2D eigenvalue weighted by molar-refractivity contribution is 6.35. The normalized spacial score (nSPS) is 20.3. The fourth-order valence-corrected chi connectivity index (χ4v) is 6.77. The standard InChI is InChI=1S/C31H35ClF2N6O2/c1-18-6-7-24-22(17-35-38-24)25(18)26-23(32)14-21-27(28(26)41-20-15-31(33,34)16-20)36-30(42-19-8-12-39(2)13-9-19)37-29(21)40-10-4-3-5-11-40/h6-7,14,17,19-20H,3-5,8-13,15-16H2,1-2H3,(H,35,38). The molecule has 7 rings (SSSR count). The Kier molecular flexibility index (Phi) is 7.09. The van der Waals surface area contributed by atoms with Gasteiger partial charge in [-0.25, -0.2) is 8.78 Å². The maximum absolute atomic E-state index is 14.0. The van der Waals surface area contributed by atoms with Crippen LogP contribution in [0, 0.1) is 6.92 Å². The minimum atomic E-state index is -2.74. The monoisotopic (exact) mass is 596 g/mol. The summed E-state index contributed by atoms with van der Waals surface area (Å²) in [5.41, 5.74) is 3.79. The van der Waals surface area contributed by atoms with E-state index in [0.29, 0.717) is 21.9 Å². The van der Waals surface area contributed by atoms with E-state index >= 15 is 0 Å². The summed E-state index contributed by atoms with van der Waals surface area (Å²) < 4.78 is 41.0. The number of aromatic amines is 1. The molecule has 2 aromatic heterocycles. The molecule has 0 unspecified atom stereocenters. The molecule has 4 heterocycles. The average Bonchev–Trinajstić information content (AvgIpc) is 3.43. The number of hydrogen-bond acceptors (Lipinski definition) is 7. The van der Waals surface area contributed by atoms with Crippen LogP contribution in [-0.4, -0.2) is 76.4 Å². The van der Waals surface area contributed by atoms with Crippen molar-refractivity contribution in [1.29, 1.82) is 0 Å². The Hall–Kier alpha value is -3.24. The zero-order valence-electron chi connectivity index (χ0n) is 23.9. The number of alkyl halides is 2. The second kappa shape index (κ2) is 10.8. The molecular weight excluding hydrogens is 562 g/mol. The number of H-pyrrole nitrogens is 1. The van der Waals surface area contributed by atoms with Crippen molar-refractivity contribution < 1.29 is 18.3 Å². The molecule has 8 nitrogen and oxygen atoms in total. The molecule has 0 radical (unpaired) electrons. The molecule has 2 aliphatic heterocycles. The molecule has 2 saturated heterocycles. The van der Waals surface area contributed by atoms with Crippen molar-refractivity contribution in [2.45, 2.75) is 70.0 Å². The Labute approximate surface area is 248 Å². The van der Waals surface area contributed by atoms with Gasteiger partial charge in [-0.15, -0.1) is 0 Å². The molecule has 0 bridgehead atoms. The first kappa shape index (κ1) is 27.6. The van der Waals surface area contributed by atoms with E-state index < -0.39 is 12.0 Å². The van der Waals surface area contributed by atoms with Crippen LogP contribution in [0.3, 0.4) is 0 Å². The number of benzene rings is 2. The van der Waals surface area contributed by atoms with Crippen molar-refractivity contribution in [3.8, 4) is 22.9 Å². The summed E-state index contributed by atoms with van der Waals surface area (Å²) in [5, 5.41) is 9.34. The molecule has 42 heavy (non-hydrogen) atoms. The van der Waals surface area contributed by atoms with Gasteiger partial charge in [0.15, 0.2) is 5.75 Å². The lowest BCUT2D eigenvalue weighted by atomic mass is 9.90. The number of rotatable bonds is 6. The van der Waals surface area contributed by atoms with E-state index in [-0.39, 0.29) is 25.0 Å². The third-order valence-electron chi connectivity index (χ3n) is 8.87. The number of likely N-dealkylation sites (tertiary alicyclic amines) is 1. The highest BCUT2D eigenvalue weighted by Crippen LogP contribution is 2.50. The van der Waals surface area contributed by atoms with E-state index in [1.807, 2.05) is 25.1 Å². The van der Waals surface area contributed by atoms with Gasteiger partial charge in [0.2, 0.25) is 0 Å². The molecule has 4 aromatic rings. The fraction of sp³-hybridized carbons (Fsp3) is 0.516. The van der Waals surface area contributed by atoms with Crippen LogP contribution < -0.4 is 14.4 Å². The molecule has 11 heteroatoms. The van der Waals surface area contributed by atoms with Crippen LogP contribution >= 0.6 is 11.6 Å². The number of nitrogens with one attached hydrogen (secondary N) is 1. The van der Waals surface area contributed by atoms with E-state index in [2.05, 4.69) is 27.0 Å².